The third-order valence-corrected chi connectivity index (χ3v) is 5.89. The maximum atomic E-state index is 11.9. The monoisotopic (exact) mass is 535 g/mol. The molecule has 37 heavy (non-hydrogen) atoms. The summed E-state index contributed by atoms with van der Waals surface area (Å²) in [7, 11) is 0. The first-order valence-corrected chi connectivity index (χ1v) is 12.5. The highest BCUT2D eigenvalue weighted by atomic mass is 16.7. The van der Waals surface area contributed by atoms with Gasteiger partial charge < -0.3 is 50.0 Å². The Labute approximate surface area is 218 Å². The van der Waals surface area contributed by atoms with Crippen LogP contribution in [0.1, 0.15) is 55.4 Å². The maximum absolute atomic E-state index is 11.9. The van der Waals surface area contributed by atoms with Gasteiger partial charge in [-0.15, -0.1) is 0 Å². The van der Waals surface area contributed by atoms with Crippen molar-refractivity contribution in [3.05, 3.63) is 0 Å². The molecular weight excluding hydrogens is 490 g/mol. The molecule has 13 nitrogen and oxygen atoms in total. The van der Waals surface area contributed by atoms with E-state index in [9.17, 15) is 30.0 Å². The van der Waals surface area contributed by atoms with Gasteiger partial charge in [0.2, 0.25) is 11.8 Å². The average molecular weight is 536 g/mol. The van der Waals surface area contributed by atoms with Crippen LogP contribution >= 0.6 is 0 Å². The summed E-state index contributed by atoms with van der Waals surface area (Å²) in [5.41, 5.74) is -1.02. The van der Waals surface area contributed by atoms with Crippen LogP contribution in [0.4, 0.5) is 0 Å². The molecule has 2 aliphatic heterocycles. The van der Waals surface area contributed by atoms with Crippen LogP contribution in [0.2, 0.25) is 0 Å². The molecule has 0 aliphatic carbocycles. The molecule has 2 rings (SSSR count). The number of hydrogen-bond acceptors (Lipinski definition) is 11. The quantitative estimate of drug-likeness (QED) is 0.184. The number of amides is 2. The van der Waals surface area contributed by atoms with Crippen LogP contribution in [0, 0.1) is 0 Å². The lowest BCUT2D eigenvalue weighted by Crippen LogP contribution is -2.71. The summed E-state index contributed by atoms with van der Waals surface area (Å²) in [5.74, 6) is -0.930. The van der Waals surface area contributed by atoms with Crippen molar-refractivity contribution < 1.29 is 49.0 Å². The van der Waals surface area contributed by atoms with Crippen LogP contribution in [-0.4, -0.2) is 118 Å². The Kier molecular flexibility index (Phi) is 10.8. The fraction of sp³-hybridized carbons (Fsp3) is 0.917. The molecule has 10 atom stereocenters. The van der Waals surface area contributed by atoms with E-state index in [1.165, 1.54) is 13.8 Å². The van der Waals surface area contributed by atoms with E-state index < -0.39 is 90.8 Å². The first kappa shape index (κ1) is 31.8. The lowest BCUT2D eigenvalue weighted by molar-refractivity contribution is -0.319. The zero-order valence-corrected chi connectivity index (χ0v) is 22.9. The molecule has 0 aromatic heterocycles. The molecule has 10 unspecified atom stereocenters. The molecule has 0 aromatic carbocycles. The van der Waals surface area contributed by atoms with Gasteiger partial charge in [0.05, 0.1) is 24.9 Å². The normalized spacial score (nSPS) is 37.2. The molecule has 0 bridgehead atoms. The predicted molar refractivity (Wildman–Crippen MR) is 131 cm³/mol. The highest BCUT2D eigenvalue weighted by Crippen LogP contribution is 2.30. The number of ether oxygens (including phenoxy) is 4. The molecule has 0 radical (unpaired) electrons. The third kappa shape index (κ3) is 9.08. The van der Waals surface area contributed by atoms with Gasteiger partial charge in [-0.2, -0.15) is 0 Å². The van der Waals surface area contributed by atoms with Gasteiger partial charge in [0.15, 0.2) is 6.29 Å². The van der Waals surface area contributed by atoms with E-state index in [2.05, 4.69) is 16.0 Å². The van der Waals surface area contributed by atoms with Crippen molar-refractivity contribution in [2.45, 2.75) is 128 Å². The minimum atomic E-state index is -1.49. The first-order chi connectivity index (χ1) is 16.9. The van der Waals surface area contributed by atoms with Gasteiger partial charge in [-0.25, -0.2) is 0 Å². The van der Waals surface area contributed by atoms with Gasteiger partial charge in [-0.3, -0.25) is 14.9 Å². The van der Waals surface area contributed by atoms with E-state index in [1.807, 2.05) is 41.5 Å². The highest BCUT2D eigenvalue weighted by Gasteiger charge is 2.52. The van der Waals surface area contributed by atoms with Crippen LogP contribution in [0.25, 0.3) is 0 Å². The number of hydrogen-bond donors (Lipinski definition) is 7. The van der Waals surface area contributed by atoms with Crippen LogP contribution < -0.4 is 16.0 Å². The Bertz CT molecular complexity index is 771. The Balaban J connectivity index is 2.35. The van der Waals surface area contributed by atoms with E-state index in [4.69, 9.17) is 18.9 Å². The fourth-order valence-corrected chi connectivity index (χ4v) is 4.28. The Morgan fingerprint density at radius 1 is 0.838 bits per heavy atom. The van der Waals surface area contributed by atoms with E-state index in [0.717, 1.165) is 0 Å². The van der Waals surface area contributed by atoms with Gasteiger partial charge in [0.1, 0.15) is 48.9 Å². The molecule has 7 N–H and O–H groups in total. The van der Waals surface area contributed by atoms with Crippen molar-refractivity contribution in [3.63, 3.8) is 0 Å². The Morgan fingerprint density at radius 2 is 1.41 bits per heavy atom. The number of nitrogens with one attached hydrogen (secondary N) is 3. The van der Waals surface area contributed by atoms with Crippen molar-refractivity contribution in [1.82, 2.24) is 16.0 Å². The van der Waals surface area contributed by atoms with E-state index in [0.29, 0.717) is 0 Å². The molecule has 0 spiro atoms. The molecule has 216 valence electrons. The van der Waals surface area contributed by atoms with Crippen molar-refractivity contribution in [2.75, 3.05) is 13.2 Å². The number of carbonyl (C=O) groups excluding carboxylic acids is 2. The average Bonchev–Trinajstić information content (AvgIpc) is 2.74. The van der Waals surface area contributed by atoms with Crippen molar-refractivity contribution in [2.24, 2.45) is 0 Å². The summed E-state index contributed by atoms with van der Waals surface area (Å²) in [4.78, 5) is 23.8. The molecule has 13 heteroatoms. The lowest BCUT2D eigenvalue weighted by atomic mass is 9.93. The van der Waals surface area contributed by atoms with Gasteiger partial charge >= 0.3 is 0 Å². The minimum absolute atomic E-state index is 0.0897. The standard InChI is InChI=1S/C24H45N3O10/c1-11(29)25-15-19(33)20(13(9-28)35-21(15)27-23(3,4)5)37-22-16(26-12(2)30)18(32)17(31)14(36-22)10-34-24(6,7)8/h13-22,27-28,31-33H,9-10H2,1-8H3,(H,25,29)(H,26,30). The number of rotatable bonds is 8. The molecule has 2 heterocycles. The lowest BCUT2D eigenvalue weighted by Gasteiger charge is -2.49. The van der Waals surface area contributed by atoms with E-state index >= 15 is 0 Å². The molecular formula is C24H45N3O10. The second kappa shape index (κ2) is 12.6. The Hall–Kier alpha value is -1.42. The zero-order valence-electron chi connectivity index (χ0n) is 22.9. The first-order valence-electron chi connectivity index (χ1n) is 12.5. The van der Waals surface area contributed by atoms with Crippen LogP contribution in [0.5, 0.6) is 0 Å². The SMILES string of the molecule is CC(=O)NC1C(NC(C)(C)C)OC(CO)C(OC2OC(COC(C)(C)C)C(O)C(O)C2NC(C)=O)C1O. The number of aliphatic hydroxyl groups excluding tert-OH is 4. The Morgan fingerprint density at radius 3 is 1.89 bits per heavy atom. The molecule has 2 fully saturated rings. The molecule has 2 saturated heterocycles. The minimum Gasteiger partial charge on any atom is -0.394 e. The van der Waals surface area contributed by atoms with Crippen molar-refractivity contribution in [1.29, 1.82) is 0 Å². The summed E-state index contributed by atoms with van der Waals surface area (Å²) >= 11 is 0. The molecule has 0 saturated carbocycles. The zero-order chi connectivity index (χ0) is 28.3. The summed E-state index contributed by atoms with van der Waals surface area (Å²) in [6, 6.07) is -2.18. The van der Waals surface area contributed by atoms with Crippen LogP contribution in [0.15, 0.2) is 0 Å². The fourth-order valence-electron chi connectivity index (χ4n) is 4.28. The second-order valence-corrected chi connectivity index (χ2v) is 11.7. The van der Waals surface area contributed by atoms with Crippen molar-refractivity contribution in [3.8, 4) is 0 Å². The van der Waals surface area contributed by atoms with Gasteiger partial charge in [-0.1, -0.05) is 0 Å². The number of aliphatic hydroxyl groups is 4. The molecule has 2 aliphatic rings. The van der Waals surface area contributed by atoms with Gasteiger partial charge in [0.25, 0.3) is 0 Å². The molecule has 0 aromatic rings. The third-order valence-electron chi connectivity index (χ3n) is 5.89. The van der Waals surface area contributed by atoms with Crippen LogP contribution in [0.3, 0.4) is 0 Å². The molecule has 2 amide bonds. The van der Waals surface area contributed by atoms with Crippen LogP contribution in [-0.2, 0) is 28.5 Å². The summed E-state index contributed by atoms with van der Waals surface area (Å²) in [6.45, 7) is 13.0. The summed E-state index contributed by atoms with van der Waals surface area (Å²) < 4.78 is 23.7. The topological polar surface area (TPSA) is 188 Å². The maximum Gasteiger partial charge on any atom is 0.217 e. The highest BCUT2D eigenvalue weighted by molar-refractivity contribution is 5.73. The smallest absolute Gasteiger partial charge is 0.217 e. The van der Waals surface area contributed by atoms with E-state index in [1.54, 1.807) is 0 Å². The predicted octanol–water partition coefficient (Wildman–Crippen LogP) is -1.89. The van der Waals surface area contributed by atoms with Gasteiger partial charge in [-0.05, 0) is 41.5 Å². The van der Waals surface area contributed by atoms with Crippen molar-refractivity contribution >= 4 is 11.8 Å². The largest absolute Gasteiger partial charge is 0.394 e. The second-order valence-electron chi connectivity index (χ2n) is 11.7. The van der Waals surface area contributed by atoms with Gasteiger partial charge in [0, 0.05) is 19.4 Å². The number of carbonyl (C=O) groups is 2. The van der Waals surface area contributed by atoms with E-state index in [-0.39, 0.29) is 6.61 Å². The summed E-state index contributed by atoms with van der Waals surface area (Å²) in [6.07, 6.45) is -9.85. The summed E-state index contributed by atoms with van der Waals surface area (Å²) in [5, 5.41) is 51.2.